The molecule has 2 aliphatic rings. The van der Waals surface area contributed by atoms with E-state index in [0.717, 1.165) is 19.3 Å². The summed E-state index contributed by atoms with van der Waals surface area (Å²) in [5, 5.41) is 0. The molecule has 2 N–H and O–H groups in total. The van der Waals surface area contributed by atoms with Crippen molar-refractivity contribution in [2.24, 2.45) is 5.92 Å². The molecule has 1 saturated carbocycles. The summed E-state index contributed by atoms with van der Waals surface area (Å²) in [4.78, 5) is 4.16. The lowest BCUT2D eigenvalue weighted by Gasteiger charge is -2.36. The summed E-state index contributed by atoms with van der Waals surface area (Å²) in [6.07, 6.45) is 10.8. The van der Waals surface area contributed by atoms with Gasteiger partial charge in [0.2, 0.25) is 10.0 Å². The van der Waals surface area contributed by atoms with Gasteiger partial charge in [-0.25, -0.2) is 8.42 Å². The van der Waals surface area contributed by atoms with E-state index in [4.69, 9.17) is 5.73 Å². The average Bonchev–Trinajstić information content (AvgIpc) is 3.09. The van der Waals surface area contributed by atoms with E-state index in [1.54, 1.807) is 4.31 Å². The van der Waals surface area contributed by atoms with Crippen LogP contribution in [0.15, 0.2) is 23.4 Å². The van der Waals surface area contributed by atoms with Crippen molar-refractivity contribution >= 4 is 15.7 Å². The standard InChI is InChI=1S/C16H25N3O2S/c1-16(10-13-5-2-3-6-13)7-4-8-19(16)22(20,21)15-9-14(17)11-18-12-15/h9,11-13H,2-8,10,17H2,1H3. The van der Waals surface area contributed by atoms with Gasteiger partial charge in [0.25, 0.3) is 0 Å². The van der Waals surface area contributed by atoms with Crippen molar-refractivity contribution in [2.45, 2.75) is 62.3 Å². The minimum absolute atomic E-state index is 0.215. The predicted octanol–water partition coefficient (Wildman–Crippen LogP) is 2.79. The largest absolute Gasteiger partial charge is 0.397 e. The number of nitrogens with two attached hydrogens (primary N) is 1. The third-order valence-corrected chi connectivity index (χ3v) is 7.23. The number of nitrogens with zero attached hydrogens (tertiary/aromatic N) is 2. The first kappa shape index (κ1) is 15.7. The van der Waals surface area contributed by atoms with Gasteiger partial charge in [0.05, 0.1) is 5.69 Å². The first-order valence-electron chi connectivity index (χ1n) is 8.15. The summed E-state index contributed by atoms with van der Waals surface area (Å²) >= 11 is 0. The van der Waals surface area contributed by atoms with Gasteiger partial charge in [0, 0.05) is 24.5 Å². The zero-order chi connectivity index (χ0) is 15.8. The summed E-state index contributed by atoms with van der Waals surface area (Å²) in [7, 11) is -3.52. The molecule has 2 fully saturated rings. The van der Waals surface area contributed by atoms with Crippen LogP contribution in [0, 0.1) is 5.92 Å². The van der Waals surface area contributed by atoms with Crippen LogP contribution in [-0.2, 0) is 10.0 Å². The molecule has 1 atom stereocenters. The van der Waals surface area contributed by atoms with Crippen LogP contribution in [0.3, 0.4) is 0 Å². The lowest BCUT2D eigenvalue weighted by molar-refractivity contribution is 0.211. The van der Waals surface area contributed by atoms with Gasteiger partial charge < -0.3 is 5.73 Å². The van der Waals surface area contributed by atoms with Crippen molar-refractivity contribution in [3.63, 3.8) is 0 Å². The molecule has 1 saturated heterocycles. The fourth-order valence-corrected chi connectivity index (χ4v) is 6.00. The number of sulfonamides is 1. The molecule has 1 aliphatic carbocycles. The first-order chi connectivity index (χ1) is 10.4. The molecule has 122 valence electrons. The van der Waals surface area contributed by atoms with Crippen LogP contribution < -0.4 is 5.73 Å². The van der Waals surface area contributed by atoms with E-state index in [0.29, 0.717) is 18.2 Å². The molecule has 0 aromatic carbocycles. The summed E-state index contributed by atoms with van der Waals surface area (Å²) in [6, 6.07) is 1.51. The summed E-state index contributed by atoms with van der Waals surface area (Å²) in [5.74, 6) is 0.666. The number of aromatic nitrogens is 1. The monoisotopic (exact) mass is 323 g/mol. The van der Waals surface area contributed by atoms with E-state index in [1.807, 2.05) is 0 Å². The lowest BCUT2D eigenvalue weighted by atomic mass is 9.87. The topological polar surface area (TPSA) is 76.3 Å². The van der Waals surface area contributed by atoms with E-state index in [1.165, 1.54) is 44.1 Å². The molecule has 1 aliphatic heterocycles. The van der Waals surface area contributed by atoms with Crippen LogP contribution in [0.2, 0.25) is 0 Å². The van der Waals surface area contributed by atoms with Crippen LogP contribution in [-0.4, -0.2) is 29.8 Å². The van der Waals surface area contributed by atoms with Gasteiger partial charge in [-0.05, 0) is 38.2 Å². The highest BCUT2D eigenvalue weighted by Gasteiger charge is 2.45. The maximum atomic E-state index is 13.0. The van der Waals surface area contributed by atoms with E-state index < -0.39 is 10.0 Å². The fraction of sp³-hybridized carbons (Fsp3) is 0.688. The summed E-state index contributed by atoms with van der Waals surface area (Å²) in [5.41, 5.74) is 5.83. The Balaban J connectivity index is 1.88. The molecule has 2 heterocycles. The van der Waals surface area contributed by atoms with Gasteiger partial charge in [0.15, 0.2) is 0 Å². The predicted molar refractivity (Wildman–Crippen MR) is 86.8 cm³/mol. The molecule has 0 radical (unpaired) electrons. The van der Waals surface area contributed by atoms with Crippen LogP contribution in [0.5, 0.6) is 0 Å². The van der Waals surface area contributed by atoms with E-state index >= 15 is 0 Å². The van der Waals surface area contributed by atoms with Crippen molar-refractivity contribution in [1.82, 2.24) is 9.29 Å². The minimum Gasteiger partial charge on any atom is -0.397 e. The Hall–Kier alpha value is -1.14. The number of hydrogen-bond acceptors (Lipinski definition) is 4. The Morgan fingerprint density at radius 2 is 2.05 bits per heavy atom. The molecule has 1 unspecified atom stereocenters. The summed E-state index contributed by atoms with van der Waals surface area (Å²) in [6.45, 7) is 2.70. The number of nitrogen functional groups attached to an aromatic ring is 1. The molecular formula is C16H25N3O2S. The second-order valence-corrected chi connectivity index (χ2v) is 8.85. The van der Waals surface area contributed by atoms with Crippen molar-refractivity contribution in [2.75, 3.05) is 12.3 Å². The minimum atomic E-state index is -3.52. The molecule has 5 nitrogen and oxygen atoms in total. The lowest BCUT2D eigenvalue weighted by Crippen LogP contribution is -2.46. The summed E-state index contributed by atoms with van der Waals surface area (Å²) < 4.78 is 27.7. The molecule has 0 spiro atoms. The SMILES string of the molecule is CC1(CC2CCCC2)CCCN1S(=O)(=O)c1cncc(N)c1. The van der Waals surface area contributed by atoms with Crippen molar-refractivity contribution in [3.8, 4) is 0 Å². The Labute approximate surface area is 133 Å². The number of rotatable bonds is 4. The molecule has 6 heteroatoms. The molecule has 3 rings (SSSR count). The molecule has 1 aromatic rings. The zero-order valence-electron chi connectivity index (χ0n) is 13.2. The molecule has 0 amide bonds. The highest BCUT2D eigenvalue weighted by atomic mass is 32.2. The van der Waals surface area contributed by atoms with Crippen molar-refractivity contribution in [1.29, 1.82) is 0 Å². The Kier molecular flexibility index (Phi) is 4.16. The third-order valence-electron chi connectivity index (χ3n) is 5.20. The highest BCUT2D eigenvalue weighted by Crippen LogP contribution is 2.42. The van der Waals surface area contributed by atoms with E-state index in [2.05, 4.69) is 11.9 Å². The molecule has 0 bridgehead atoms. The number of pyridine rings is 1. The van der Waals surface area contributed by atoms with Gasteiger partial charge >= 0.3 is 0 Å². The van der Waals surface area contributed by atoms with E-state index in [-0.39, 0.29) is 10.4 Å². The highest BCUT2D eigenvalue weighted by molar-refractivity contribution is 7.89. The normalized spacial score (nSPS) is 27.5. The Bertz CT molecular complexity index is 641. The van der Waals surface area contributed by atoms with Crippen LogP contribution in [0.25, 0.3) is 0 Å². The zero-order valence-corrected chi connectivity index (χ0v) is 14.0. The maximum absolute atomic E-state index is 13.0. The quantitative estimate of drug-likeness (QED) is 0.924. The first-order valence-corrected chi connectivity index (χ1v) is 9.59. The second-order valence-electron chi connectivity index (χ2n) is 6.99. The maximum Gasteiger partial charge on any atom is 0.245 e. The van der Waals surface area contributed by atoms with Crippen molar-refractivity contribution < 1.29 is 8.42 Å². The van der Waals surface area contributed by atoms with Gasteiger partial charge in [-0.15, -0.1) is 0 Å². The van der Waals surface area contributed by atoms with Gasteiger partial charge in [0.1, 0.15) is 4.90 Å². The number of hydrogen-bond donors (Lipinski definition) is 1. The van der Waals surface area contributed by atoms with Crippen molar-refractivity contribution in [3.05, 3.63) is 18.5 Å². The van der Waals surface area contributed by atoms with Gasteiger partial charge in [-0.1, -0.05) is 25.7 Å². The van der Waals surface area contributed by atoms with Crippen LogP contribution >= 0.6 is 0 Å². The Morgan fingerprint density at radius 1 is 1.32 bits per heavy atom. The fourth-order valence-electron chi connectivity index (χ4n) is 4.15. The second kappa shape index (κ2) is 5.81. The van der Waals surface area contributed by atoms with Gasteiger partial charge in [-0.3, -0.25) is 4.98 Å². The average molecular weight is 323 g/mol. The third kappa shape index (κ3) is 2.86. The van der Waals surface area contributed by atoms with Crippen LogP contribution in [0.4, 0.5) is 5.69 Å². The molecule has 22 heavy (non-hydrogen) atoms. The number of anilines is 1. The van der Waals surface area contributed by atoms with E-state index in [9.17, 15) is 8.42 Å². The molecular weight excluding hydrogens is 298 g/mol. The van der Waals surface area contributed by atoms with Crippen LogP contribution in [0.1, 0.15) is 51.9 Å². The smallest absolute Gasteiger partial charge is 0.245 e. The Morgan fingerprint density at radius 3 is 2.73 bits per heavy atom. The van der Waals surface area contributed by atoms with Gasteiger partial charge in [-0.2, -0.15) is 4.31 Å². The molecule has 1 aromatic heterocycles.